The highest BCUT2D eigenvalue weighted by atomic mass is 16.7. The molecule has 7 heteroatoms. The van der Waals surface area contributed by atoms with E-state index in [0.717, 1.165) is 11.3 Å². The Balaban J connectivity index is 1.80. The molecule has 0 fully saturated rings. The third-order valence-corrected chi connectivity index (χ3v) is 2.89. The van der Waals surface area contributed by atoms with Crippen LogP contribution in [0.3, 0.4) is 0 Å². The van der Waals surface area contributed by atoms with Crippen LogP contribution in [0.5, 0.6) is 17.2 Å². The van der Waals surface area contributed by atoms with Gasteiger partial charge in [-0.05, 0) is 24.6 Å². The van der Waals surface area contributed by atoms with Crippen molar-refractivity contribution in [2.45, 2.75) is 20.0 Å². The molecule has 0 bridgehead atoms. The van der Waals surface area contributed by atoms with Gasteiger partial charge in [-0.1, -0.05) is 0 Å². The Morgan fingerprint density at radius 1 is 1.25 bits per heavy atom. The van der Waals surface area contributed by atoms with Crippen molar-refractivity contribution in [1.82, 2.24) is 10.2 Å². The van der Waals surface area contributed by atoms with Gasteiger partial charge in [-0.3, -0.25) is 0 Å². The van der Waals surface area contributed by atoms with Gasteiger partial charge in [0.15, 0.2) is 18.1 Å². The highest BCUT2D eigenvalue weighted by Crippen LogP contribution is 2.38. The molecule has 1 aromatic carbocycles. The number of nitrogens with two attached hydrogens (primary N) is 1. The Labute approximate surface area is 115 Å². The van der Waals surface area contributed by atoms with E-state index in [2.05, 4.69) is 10.2 Å². The molecule has 1 aromatic heterocycles. The first-order chi connectivity index (χ1) is 9.76. The summed E-state index contributed by atoms with van der Waals surface area (Å²) in [4.78, 5) is 0. The predicted octanol–water partition coefficient (Wildman–Crippen LogP) is 1.19. The van der Waals surface area contributed by atoms with Crippen LogP contribution in [0.4, 0.5) is 0 Å². The molecule has 0 spiro atoms. The Morgan fingerprint density at radius 2 is 2.05 bits per heavy atom. The highest BCUT2D eigenvalue weighted by Gasteiger charge is 2.18. The standard InChI is InChI=1S/C13H15N3O4/c1-8-15-16-13(20-8)6-17-10-5-12-11(18-7-19-12)4-9(10)2-3-14/h4-5H,2-3,6-7,14H2,1H3. The first-order valence-electron chi connectivity index (χ1n) is 6.30. The van der Waals surface area contributed by atoms with E-state index in [9.17, 15) is 0 Å². The summed E-state index contributed by atoms with van der Waals surface area (Å²) in [6, 6.07) is 3.69. The van der Waals surface area contributed by atoms with Gasteiger partial charge in [-0.15, -0.1) is 10.2 Å². The van der Waals surface area contributed by atoms with Gasteiger partial charge in [0.1, 0.15) is 5.75 Å². The van der Waals surface area contributed by atoms with Crippen LogP contribution in [-0.4, -0.2) is 23.5 Å². The first kappa shape index (κ1) is 12.7. The number of aryl methyl sites for hydroxylation is 1. The number of benzene rings is 1. The second-order valence-corrected chi connectivity index (χ2v) is 4.36. The van der Waals surface area contributed by atoms with Crippen molar-refractivity contribution < 1.29 is 18.6 Å². The zero-order chi connectivity index (χ0) is 13.9. The fraction of sp³-hybridized carbons (Fsp3) is 0.385. The van der Waals surface area contributed by atoms with Gasteiger partial charge in [-0.25, -0.2) is 0 Å². The van der Waals surface area contributed by atoms with Gasteiger partial charge >= 0.3 is 0 Å². The van der Waals surface area contributed by atoms with Crippen LogP contribution in [0.2, 0.25) is 0 Å². The summed E-state index contributed by atoms with van der Waals surface area (Å²) in [5.41, 5.74) is 6.58. The number of fused-ring (bicyclic) bond motifs is 1. The molecule has 0 saturated carbocycles. The molecule has 0 radical (unpaired) electrons. The van der Waals surface area contributed by atoms with E-state index in [0.29, 0.717) is 36.2 Å². The van der Waals surface area contributed by atoms with Gasteiger partial charge in [-0.2, -0.15) is 0 Å². The molecule has 3 rings (SSSR count). The molecule has 2 aromatic rings. The van der Waals surface area contributed by atoms with Gasteiger partial charge in [0.2, 0.25) is 12.7 Å². The normalized spacial score (nSPS) is 12.7. The maximum atomic E-state index is 5.73. The lowest BCUT2D eigenvalue weighted by atomic mass is 10.1. The second-order valence-electron chi connectivity index (χ2n) is 4.36. The van der Waals surface area contributed by atoms with Crippen LogP contribution in [-0.2, 0) is 13.0 Å². The molecule has 2 N–H and O–H groups in total. The van der Waals surface area contributed by atoms with Crippen molar-refractivity contribution in [2.24, 2.45) is 5.73 Å². The van der Waals surface area contributed by atoms with E-state index < -0.39 is 0 Å². The zero-order valence-electron chi connectivity index (χ0n) is 11.1. The van der Waals surface area contributed by atoms with E-state index >= 15 is 0 Å². The largest absolute Gasteiger partial charge is 0.483 e. The van der Waals surface area contributed by atoms with E-state index in [1.165, 1.54) is 0 Å². The molecular formula is C13H15N3O4. The van der Waals surface area contributed by atoms with Crippen LogP contribution in [0.25, 0.3) is 0 Å². The molecule has 1 aliphatic heterocycles. The number of hydrogen-bond acceptors (Lipinski definition) is 7. The van der Waals surface area contributed by atoms with Crippen molar-refractivity contribution in [3.05, 3.63) is 29.5 Å². The zero-order valence-corrected chi connectivity index (χ0v) is 11.1. The summed E-state index contributed by atoms with van der Waals surface area (Å²) in [5, 5.41) is 7.64. The summed E-state index contributed by atoms with van der Waals surface area (Å²) in [6.45, 7) is 2.69. The third-order valence-electron chi connectivity index (χ3n) is 2.89. The second kappa shape index (κ2) is 5.38. The quantitative estimate of drug-likeness (QED) is 0.877. The molecule has 0 saturated heterocycles. The maximum absolute atomic E-state index is 5.73. The molecule has 2 heterocycles. The van der Waals surface area contributed by atoms with Gasteiger partial charge in [0.05, 0.1) is 0 Å². The Hall–Kier alpha value is -2.28. The average Bonchev–Trinajstić information content (AvgIpc) is 3.04. The molecule has 0 amide bonds. The number of nitrogens with zero attached hydrogens (tertiary/aromatic N) is 2. The molecule has 1 aliphatic rings. The van der Waals surface area contributed by atoms with E-state index in [1.807, 2.05) is 6.07 Å². The van der Waals surface area contributed by atoms with E-state index in [1.54, 1.807) is 13.0 Å². The van der Waals surface area contributed by atoms with Crippen LogP contribution < -0.4 is 19.9 Å². The molecule has 0 aliphatic carbocycles. The van der Waals surface area contributed by atoms with Crippen molar-refractivity contribution in [3.8, 4) is 17.2 Å². The lowest BCUT2D eigenvalue weighted by Gasteiger charge is -2.10. The highest BCUT2D eigenvalue weighted by molar-refractivity contribution is 5.52. The summed E-state index contributed by atoms with van der Waals surface area (Å²) >= 11 is 0. The number of hydrogen-bond donors (Lipinski definition) is 1. The molecule has 7 nitrogen and oxygen atoms in total. The van der Waals surface area contributed by atoms with Gasteiger partial charge in [0.25, 0.3) is 5.89 Å². The van der Waals surface area contributed by atoms with Crippen LogP contribution in [0.1, 0.15) is 17.3 Å². The molecular weight excluding hydrogens is 262 g/mol. The first-order valence-corrected chi connectivity index (χ1v) is 6.30. The minimum atomic E-state index is 0.206. The van der Waals surface area contributed by atoms with Crippen LogP contribution >= 0.6 is 0 Å². The van der Waals surface area contributed by atoms with Crippen molar-refractivity contribution in [2.75, 3.05) is 13.3 Å². The van der Waals surface area contributed by atoms with E-state index in [-0.39, 0.29) is 13.4 Å². The summed E-state index contributed by atoms with van der Waals surface area (Å²) in [7, 11) is 0. The van der Waals surface area contributed by atoms with Gasteiger partial charge < -0.3 is 24.4 Å². The maximum Gasteiger partial charge on any atom is 0.253 e. The third kappa shape index (κ3) is 2.53. The Bertz CT molecular complexity index is 612. The fourth-order valence-electron chi connectivity index (χ4n) is 1.99. The summed E-state index contributed by atoms with van der Waals surface area (Å²) in [5.74, 6) is 3.02. The smallest absolute Gasteiger partial charge is 0.253 e. The number of rotatable bonds is 5. The van der Waals surface area contributed by atoms with Crippen LogP contribution in [0.15, 0.2) is 16.5 Å². The molecule has 106 valence electrons. The number of ether oxygens (including phenoxy) is 3. The SMILES string of the molecule is Cc1nnc(COc2cc3c(cc2CCN)OCO3)o1. The van der Waals surface area contributed by atoms with E-state index in [4.69, 9.17) is 24.4 Å². The Kier molecular flexibility index (Phi) is 3.42. The fourth-order valence-corrected chi connectivity index (χ4v) is 1.99. The monoisotopic (exact) mass is 277 g/mol. The minimum Gasteiger partial charge on any atom is -0.483 e. The number of aromatic nitrogens is 2. The minimum absolute atomic E-state index is 0.206. The molecule has 20 heavy (non-hydrogen) atoms. The van der Waals surface area contributed by atoms with Crippen molar-refractivity contribution in [1.29, 1.82) is 0 Å². The lowest BCUT2D eigenvalue weighted by Crippen LogP contribution is -2.05. The topological polar surface area (TPSA) is 92.6 Å². The van der Waals surface area contributed by atoms with Crippen molar-refractivity contribution in [3.63, 3.8) is 0 Å². The van der Waals surface area contributed by atoms with Crippen molar-refractivity contribution >= 4 is 0 Å². The lowest BCUT2D eigenvalue weighted by molar-refractivity contribution is 0.173. The predicted molar refractivity (Wildman–Crippen MR) is 68.7 cm³/mol. The van der Waals surface area contributed by atoms with Crippen LogP contribution in [0, 0.1) is 6.92 Å². The summed E-state index contributed by atoms with van der Waals surface area (Å²) < 4.78 is 21.7. The summed E-state index contributed by atoms with van der Waals surface area (Å²) in [6.07, 6.45) is 0.689. The van der Waals surface area contributed by atoms with Gasteiger partial charge in [0, 0.05) is 13.0 Å². The Morgan fingerprint density at radius 3 is 2.75 bits per heavy atom. The molecule has 0 atom stereocenters. The molecule has 0 unspecified atom stereocenters. The average molecular weight is 277 g/mol.